The number of guanidine groups is 1. The van der Waals surface area contributed by atoms with Gasteiger partial charge in [0.2, 0.25) is 5.89 Å². The van der Waals surface area contributed by atoms with Crippen LogP contribution in [0.15, 0.2) is 64.2 Å². The monoisotopic (exact) mass is 577 g/mol. The van der Waals surface area contributed by atoms with Crippen molar-refractivity contribution in [2.45, 2.75) is 13.1 Å². The summed E-state index contributed by atoms with van der Waals surface area (Å²) >= 11 is 0. The number of piperazine rings is 1. The third-order valence-electron chi connectivity index (χ3n) is 5.74. The molecule has 182 valence electrons. The Morgan fingerprint density at radius 3 is 2.44 bits per heavy atom. The zero-order valence-corrected chi connectivity index (χ0v) is 22.2. The van der Waals surface area contributed by atoms with Crippen molar-refractivity contribution < 1.29 is 13.9 Å². The summed E-state index contributed by atoms with van der Waals surface area (Å²) in [6.45, 7) is 5.16. The number of nitrogens with zero attached hydrogens (tertiary/aromatic N) is 4. The molecule has 1 aliphatic rings. The Hall–Kier alpha value is -2.79. The summed E-state index contributed by atoms with van der Waals surface area (Å²) in [6.07, 6.45) is 1.70. The van der Waals surface area contributed by atoms with Gasteiger partial charge in [-0.05, 0) is 29.8 Å². The number of oxazole rings is 1. The van der Waals surface area contributed by atoms with Crippen LogP contribution in [0.2, 0.25) is 0 Å². The van der Waals surface area contributed by atoms with Crippen LogP contribution in [0, 0.1) is 0 Å². The zero-order valence-electron chi connectivity index (χ0n) is 19.9. The lowest BCUT2D eigenvalue weighted by Gasteiger charge is -2.36. The number of benzene rings is 2. The summed E-state index contributed by atoms with van der Waals surface area (Å²) in [4.78, 5) is 13.8. The third kappa shape index (κ3) is 6.41. The van der Waals surface area contributed by atoms with Crippen molar-refractivity contribution in [2.75, 3.05) is 47.4 Å². The van der Waals surface area contributed by atoms with Gasteiger partial charge < -0.3 is 24.1 Å². The summed E-state index contributed by atoms with van der Waals surface area (Å²) in [5.41, 5.74) is 3.03. The van der Waals surface area contributed by atoms with Gasteiger partial charge in [-0.25, -0.2) is 4.98 Å². The van der Waals surface area contributed by atoms with Crippen molar-refractivity contribution in [3.05, 3.63) is 66.1 Å². The van der Waals surface area contributed by atoms with E-state index in [9.17, 15) is 0 Å². The number of ether oxygens (including phenoxy) is 2. The van der Waals surface area contributed by atoms with Crippen LogP contribution in [-0.4, -0.2) is 68.2 Å². The fourth-order valence-electron chi connectivity index (χ4n) is 3.96. The van der Waals surface area contributed by atoms with Crippen LogP contribution in [0.4, 0.5) is 0 Å². The second kappa shape index (κ2) is 12.6. The van der Waals surface area contributed by atoms with Crippen molar-refractivity contribution >= 4 is 29.9 Å². The van der Waals surface area contributed by atoms with Gasteiger partial charge in [-0.15, -0.1) is 24.0 Å². The molecule has 0 saturated carbocycles. The maximum Gasteiger partial charge on any atom is 0.226 e. The Kier molecular flexibility index (Phi) is 9.58. The van der Waals surface area contributed by atoms with Crippen molar-refractivity contribution in [3.63, 3.8) is 0 Å². The molecule has 0 spiro atoms. The van der Waals surface area contributed by atoms with E-state index in [1.807, 2.05) is 49.5 Å². The first kappa shape index (κ1) is 25.8. The first-order chi connectivity index (χ1) is 16.2. The van der Waals surface area contributed by atoms with Crippen LogP contribution in [0.5, 0.6) is 11.5 Å². The van der Waals surface area contributed by atoms with Crippen molar-refractivity contribution in [1.29, 1.82) is 0 Å². The molecule has 0 unspecified atom stereocenters. The predicted molar refractivity (Wildman–Crippen MR) is 144 cm³/mol. The molecule has 1 fully saturated rings. The van der Waals surface area contributed by atoms with Crippen LogP contribution in [0.1, 0.15) is 11.3 Å². The van der Waals surface area contributed by atoms with E-state index in [1.165, 1.54) is 5.56 Å². The van der Waals surface area contributed by atoms with Gasteiger partial charge in [-0.3, -0.25) is 9.89 Å². The molecule has 0 bridgehead atoms. The van der Waals surface area contributed by atoms with Gasteiger partial charge in [0.05, 0.1) is 26.5 Å². The van der Waals surface area contributed by atoms with Crippen molar-refractivity contribution in [2.24, 2.45) is 4.99 Å². The quantitative estimate of drug-likeness (QED) is 0.260. The van der Waals surface area contributed by atoms with E-state index in [2.05, 4.69) is 31.2 Å². The number of hydrogen-bond donors (Lipinski definition) is 1. The summed E-state index contributed by atoms with van der Waals surface area (Å²) in [6, 6.07) is 16.0. The van der Waals surface area contributed by atoms with E-state index < -0.39 is 0 Å². The van der Waals surface area contributed by atoms with Gasteiger partial charge in [0.15, 0.2) is 17.5 Å². The third-order valence-corrected chi connectivity index (χ3v) is 5.74. The Bertz CT molecular complexity index is 1070. The number of hydrogen-bond acceptors (Lipinski definition) is 6. The summed E-state index contributed by atoms with van der Waals surface area (Å²) in [5, 5.41) is 3.42. The topological polar surface area (TPSA) is 75.4 Å². The van der Waals surface area contributed by atoms with E-state index in [1.54, 1.807) is 20.5 Å². The maximum atomic E-state index is 5.64. The number of aromatic nitrogens is 1. The van der Waals surface area contributed by atoms with Gasteiger partial charge in [0.25, 0.3) is 0 Å². The minimum absolute atomic E-state index is 0. The lowest BCUT2D eigenvalue weighted by Crippen LogP contribution is -2.52. The number of methoxy groups -OCH3 is 2. The molecule has 1 aliphatic heterocycles. The molecule has 1 saturated heterocycles. The maximum absolute atomic E-state index is 5.64. The van der Waals surface area contributed by atoms with Gasteiger partial charge in [0.1, 0.15) is 6.26 Å². The molecule has 1 aromatic heterocycles. The minimum Gasteiger partial charge on any atom is -0.493 e. The van der Waals surface area contributed by atoms with Gasteiger partial charge in [0, 0.05) is 45.3 Å². The molecule has 0 aliphatic carbocycles. The molecule has 8 nitrogen and oxygen atoms in total. The molecule has 3 aromatic rings. The zero-order chi connectivity index (χ0) is 23.0. The summed E-state index contributed by atoms with van der Waals surface area (Å²) in [5.74, 6) is 3.03. The van der Waals surface area contributed by atoms with Crippen molar-refractivity contribution in [3.8, 4) is 23.0 Å². The first-order valence-corrected chi connectivity index (χ1v) is 11.1. The molecule has 0 radical (unpaired) electrons. The molecule has 2 heterocycles. The lowest BCUT2D eigenvalue weighted by molar-refractivity contribution is 0.172. The van der Waals surface area contributed by atoms with Crippen molar-refractivity contribution in [1.82, 2.24) is 20.1 Å². The summed E-state index contributed by atoms with van der Waals surface area (Å²) < 4.78 is 16.4. The Morgan fingerprint density at radius 1 is 1.03 bits per heavy atom. The molecule has 0 amide bonds. The number of rotatable bonds is 7. The molecular formula is C25H32IN5O3. The van der Waals surface area contributed by atoms with Crippen LogP contribution >= 0.6 is 24.0 Å². The molecule has 9 heteroatoms. The van der Waals surface area contributed by atoms with Crippen LogP contribution in [0.3, 0.4) is 0 Å². The Balaban J connectivity index is 0.00000324. The molecule has 4 rings (SSSR count). The molecular weight excluding hydrogens is 545 g/mol. The van der Waals surface area contributed by atoms with Crippen LogP contribution in [-0.2, 0) is 13.1 Å². The average molecular weight is 577 g/mol. The smallest absolute Gasteiger partial charge is 0.226 e. The highest BCUT2D eigenvalue weighted by Crippen LogP contribution is 2.28. The summed E-state index contributed by atoms with van der Waals surface area (Å²) in [7, 11) is 5.14. The van der Waals surface area contributed by atoms with E-state index in [0.717, 1.165) is 61.4 Å². The average Bonchev–Trinajstić information content (AvgIpc) is 3.35. The van der Waals surface area contributed by atoms with E-state index in [-0.39, 0.29) is 24.0 Å². The molecule has 2 aromatic carbocycles. The van der Waals surface area contributed by atoms with Gasteiger partial charge >= 0.3 is 0 Å². The molecule has 34 heavy (non-hydrogen) atoms. The first-order valence-electron chi connectivity index (χ1n) is 11.1. The number of halogens is 1. The Labute approximate surface area is 218 Å². The van der Waals surface area contributed by atoms with E-state index in [0.29, 0.717) is 12.4 Å². The highest BCUT2D eigenvalue weighted by Gasteiger charge is 2.20. The van der Waals surface area contributed by atoms with Gasteiger partial charge in [-0.1, -0.05) is 24.3 Å². The lowest BCUT2D eigenvalue weighted by atomic mass is 10.1. The highest BCUT2D eigenvalue weighted by molar-refractivity contribution is 14.0. The van der Waals surface area contributed by atoms with Crippen LogP contribution < -0.4 is 14.8 Å². The highest BCUT2D eigenvalue weighted by atomic mass is 127. The van der Waals surface area contributed by atoms with Crippen LogP contribution in [0.25, 0.3) is 11.5 Å². The molecule has 1 N–H and O–H groups in total. The fraction of sp³-hybridized carbons (Fsp3) is 0.360. The number of aliphatic imine (C=N–C) groups is 1. The minimum atomic E-state index is 0. The predicted octanol–water partition coefficient (Wildman–Crippen LogP) is 3.87. The fourth-order valence-corrected chi connectivity index (χ4v) is 3.96. The second-order valence-electron chi connectivity index (χ2n) is 7.86. The van der Waals surface area contributed by atoms with E-state index >= 15 is 0 Å². The van der Waals surface area contributed by atoms with E-state index in [4.69, 9.17) is 13.9 Å². The Morgan fingerprint density at radius 2 is 1.76 bits per heavy atom. The standard InChI is InChI=1S/C25H31N5O3.HI/c1-26-25(27-16-21-18-33-24(28-21)20-7-5-4-6-8-20)30-13-11-29(12-14-30)17-19-9-10-22(31-2)23(15-19)32-3;/h4-10,15,18H,11-14,16-17H2,1-3H3,(H,26,27);1H. The largest absolute Gasteiger partial charge is 0.493 e. The van der Waals surface area contributed by atoms with Gasteiger partial charge in [-0.2, -0.15) is 0 Å². The normalized spacial score (nSPS) is 14.4. The SMILES string of the molecule is CN=C(NCc1coc(-c2ccccc2)n1)N1CCN(Cc2ccc(OC)c(OC)c2)CC1.I. The molecule has 0 atom stereocenters. The second-order valence-corrected chi connectivity index (χ2v) is 7.86. The number of nitrogens with one attached hydrogen (secondary N) is 1.